The number of ether oxygens (including phenoxy) is 1. The molecule has 0 radical (unpaired) electrons. The average Bonchev–Trinajstić information content (AvgIpc) is 2.85. The summed E-state index contributed by atoms with van der Waals surface area (Å²) in [6, 6.07) is 14.7. The summed E-state index contributed by atoms with van der Waals surface area (Å²) in [5.74, 6) is -0.849. The van der Waals surface area contributed by atoms with Crippen LogP contribution < -0.4 is 5.32 Å². The molecule has 0 aliphatic heterocycles. The Bertz CT molecular complexity index is 1220. The molecule has 204 valence electrons. The predicted molar refractivity (Wildman–Crippen MR) is 134 cm³/mol. The molecule has 0 aliphatic carbocycles. The summed E-state index contributed by atoms with van der Waals surface area (Å²) in [5, 5.41) is 3.17. The Balaban J connectivity index is 1.99. The van der Waals surface area contributed by atoms with Gasteiger partial charge in [-0.1, -0.05) is 44.2 Å². The van der Waals surface area contributed by atoms with E-state index in [1.165, 1.54) is 24.3 Å². The molecule has 0 amide bonds. The lowest BCUT2D eigenvalue weighted by Gasteiger charge is -2.21. The first-order valence-corrected chi connectivity index (χ1v) is 12.2. The molecule has 0 fully saturated rings. The van der Waals surface area contributed by atoms with Crippen LogP contribution in [0.25, 0.3) is 11.1 Å². The summed E-state index contributed by atoms with van der Waals surface area (Å²) in [6.07, 6.45) is -8.41. The van der Waals surface area contributed by atoms with Crippen LogP contribution >= 0.6 is 0 Å². The number of nitrogens with one attached hydrogen (secondary N) is 1. The monoisotopic (exact) mass is 537 g/mol. The van der Waals surface area contributed by atoms with Gasteiger partial charge in [0.15, 0.2) is 0 Å². The second-order valence-electron chi connectivity index (χ2n) is 9.40. The fourth-order valence-electron chi connectivity index (χ4n) is 4.07. The lowest BCUT2D eigenvalue weighted by molar-refractivity contribution is -0.145. The van der Waals surface area contributed by atoms with Crippen molar-refractivity contribution in [2.45, 2.75) is 52.0 Å². The molecule has 0 heterocycles. The number of carbonyl (C=O) groups is 1. The first-order chi connectivity index (χ1) is 17.8. The Labute approximate surface area is 217 Å². The van der Waals surface area contributed by atoms with E-state index in [2.05, 4.69) is 5.32 Å². The van der Waals surface area contributed by atoms with E-state index in [9.17, 15) is 31.1 Å². The van der Waals surface area contributed by atoms with E-state index >= 15 is 0 Å². The zero-order chi connectivity index (χ0) is 28.1. The number of carbonyl (C=O) groups excluding carboxylic acids is 1. The summed E-state index contributed by atoms with van der Waals surface area (Å²) < 4.78 is 83.1. The number of benzene rings is 3. The van der Waals surface area contributed by atoms with Crippen LogP contribution in [0.2, 0.25) is 0 Å². The molecule has 38 heavy (non-hydrogen) atoms. The van der Waals surface area contributed by atoms with Crippen LogP contribution in [0.15, 0.2) is 66.7 Å². The molecule has 0 saturated heterocycles. The molecule has 0 aliphatic rings. The Kier molecular flexibility index (Phi) is 9.12. The van der Waals surface area contributed by atoms with Crippen LogP contribution in [0.3, 0.4) is 0 Å². The smallest absolute Gasteiger partial charge is 0.416 e. The summed E-state index contributed by atoms with van der Waals surface area (Å²) in [7, 11) is 0. The Morgan fingerprint density at radius 1 is 0.816 bits per heavy atom. The molecule has 3 rings (SSSR count). The maximum atomic E-state index is 13.1. The number of anilines is 1. The van der Waals surface area contributed by atoms with Gasteiger partial charge in [-0.05, 0) is 77.9 Å². The minimum atomic E-state index is -4.47. The summed E-state index contributed by atoms with van der Waals surface area (Å²) >= 11 is 0. The number of halogens is 6. The highest BCUT2D eigenvalue weighted by Crippen LogP contribution is 2.35. The van der Waals surface area contributed by atoms with Crippen molar-refractivity contribution in [1.82, 2.24) is 0 Å². The normalized spacial score (nSPS) is 12.9. The van der Waals surface area contributed by atoms with Crippen molar-refractivity contribution >= 4 is 11.7 Å². The van der Waals surface area contributed by atoms with Gasteiger partial charge in [-0.15, -0.1) is 0 Å². The first-order valence-electron chi connectivity index (χ1n) is 12.2. The molecule has 3 nitrogen and oxygen atoms in total. The van der Waals surface area contributed by atoms with Gasteiger partial charge in [0, 0.05) is 12.2 Å². The highest BCUT2D eigenvalue weighted by atomic mass is 19.4. The van der Waals surface area contributed by atoms with Gasteiger partial charge in [0.1, 0.15) is 0 Å². The molecule has 1 N–H and O–H groups in total. The van der Waals surface area contributed by atoms with Crippen LogP contribution in [0.4, 0.5) is 32.0 Å². The third-order valence-electron chi connectivity index (χ3n) is 5.96. The largest absolute Gasteiger partial charge is 0.466 e. The van der Waals surface area contributed by atoms with Crippen LogP contribution in [0.1, 0.15) is 55.4 Å². The van der Waals surface area contributed by atoms with Crippen molar-refractivity contribution in [2.75, 3.05) is 11.9 Å². The third kappa shape index (κ3) is 7.76. The zero-order valence-electron chi connectivity index (χ0n) is 21.2. The molecule has 0 aromatic heterocycles. The highest BCUT2D eigenvalue weighted by Gasteiger charge is 2.31. The van der Waals surface area contributed by atoms with Crippen molar-refractivity contribution in [2.24, 2.45) is 5.92 Å². The maximum Gasteiger partial charge on any atom is 0.416 e. The van der Waals surface area contributed by atoms with Gasteiger partial charge in [-0.3, -0.25) is 4.79 Å². The van der Waals surface area contributed by atoms with Crippen LogP contribution in [-0.4, -0.2) is 12.6 Å². The number of hydrogen-bond donors (Lipinski definition) is 1. The molecular weight excluding hydrogens is 508 g/mol. The SMILES string of the molecule is CCOC(=O)[C@H](CC(C)C)c1cc(NCc2ccc(C(F)(F)F)cc2)cc(-c2ccc(C(F)(F)F)cc2)c1. The molecule has 0 bridgehead atoms. The minimum absolute atomic E-state index is 0.155. The molecule has 3 aromatic carbocycles. The van der Waals surface area contributed by atoms with E-state index in [1.807, 2.05) is 13.8 Å². The Morgan fingerprint density at radius 3 is 1.87 bits per heavy atom. The van der Waals surface area contributed by atoms with Crippen LogP contribution in [0, 0.1) is 5.92 Å². The molecular formula is C29H29F6NO2. The van der Waals surface area contributed by atoms with E-state index in [1.54, 1.807) is 25.1 Å². The van der Waals surface area contributed by atoms with E-state index < -0.39 is 35.4 Å². The molecule has 9 heteroatoms. The number of hydrogen-bond acceptors (Lipinski definition) is 3. The highest BCUT2D eigenvalue weighted by molar-refractivity contribution is 5.80. The maximum absolute atomic E-state index is 13.1. The van der Waals surface area contributed by atoms with Gasteiger partial charge in [0.05, 0.1) is 23.7 Å². The molecule has 0 spiro atoms. The lowest BCUT2D eigenvalue weighted by atomic mass is 9.88. The van der Waals surface area contributed by atoms with Gasteiger partial charge in [-0.25, -0.2) is 0 Å². The van der Waals surface area contributed by atoms with Gasteiger partial charge < -0.3 is 10.1 Å². The number of esters is 1. The summed E-state index contributed by atoms with van der Waals surface area (Å²) in [4.78, 5) is 12.8. The van der Waals surface area contributed by atoms with E-state index in [-0.39, 0.29) is 19.1 Å². The predicted octanol–water partition coefficient (Wildman–Crippen LogP) is 8.70. The van der Waals surface area contributed by atoms with Crippen molar-refractivity contribution in [3.8, 4) is 11.1 Å². The second kappa shape index (κ2) is 11.9. The van der Waals surface area contributed by atoms with Crippen molar-refractivity contribution in [3.63, 3.8) is 0 Å². The van der Waals surface area contributed by atoms with Gasteiger partial charge >= 0.3 is 18.3 Å². The van der Waals surface area contributed by atoms with Gasteiger partial charge in [-0.2, -0.15) is 26.3 Å². The Hall–Kier alpha value is -3.49. The minimum Gasteiger partial charge on any atom is -0.466 e. The zero-order valence-corrected chi connectivity index (χ0v) is 21.2. The lowest BCUT2D eigenvalue weighted by Crippen LogP contribution is -2.18. The standard InChI is InChI=1S/C29H29F6NO2/c1-4-38-27(37)26(13-18(2)3)22-14-21(20-7-11-24(12-8-20)29(33,34)35)15-25(16-22)36-17-19-5-9-23(10-6-19)28(30,31)32/h5-12,14-16,18,26,36H,4,13,17H2,1-3H3/t26-/m1/s1. The second-order valence-corrected chi connectivity index (χ2v) is 9.40. The van der Waals surface area contributed by atoms with Crippen molar-refractivity contribution < 1.29 is 35.9 Å². The van der Waals surface area contributed by atoms with E-state index in [0.29, 0.717) is 34.4 Å². The average molecular weight is 538 g/mol. The van der Waals surface area contributed by atoms with Crippen LogP contribution in [-0.2, 0) is 28.4 Å². The quantitative estimate of drug-likeness (QED) is 0.219. The number of rotatable bonds is 9. The van der Waals surface area contributed by atoms with E-state index in [4.69, 9.17) is 4.74 Å². The fourth-order valence-corrected chi connectivity index (χ4v) is 4.07. The topological polar surface area (TPSA) is 38.3 Å². The fraction of sp³-hybridized carbons (Fsp3) is 0.345. The molecule has 1 atom stereocenters. The van der Waals surface area contributed by atoms with Gasteiger partial charge in [0.25, 0.3) is 0 Å². The van der Waals surface area contributed by atoms with Crippen molar-refractivity contribution in [3.05, 3.63) is 89.0 Å². The number of alkyl halides is 6. The van der Waals surface area contributed by atoms with Crippen molar-refractivity contribution in [1.29, 1.82) is 0 Å². The van der Waals surface area contributed by atoms with Crippen LogP contribution in [0.5, 0.6) is 0 Å². The first kappa shape index (κ1) is 29.1. The third-order valence-corrected chi connectivity index (χ3v) is 5.96. The molecule has 3 aromatic rings. The van der Waals surface area contributed by atoms with E-state index in [0.717, 1.165) is 24.3 Å². The summed E-state index contributed by atoms with van der Waals surface area (Å²) in [6.45, 7) is 6.04. The van der Waals surface area contributed by atoms with Gasteiger partial charge in [0.2, 0.25) is 0 Å². The molecule has 0 saturated carbocycles. The Morgan fingerprint density at radius 2 is 1.37 bits per heavy atom. The molecule has 0 unspecified atom stereocenters. The summed E-state index contributed by atoms with van der Waals surface area (Å²) in [5.41, 5.74) is 1.37.